The normalized spacial score (nSPS) is 19.9. The number of hydrogen-bond donors (Lipinski definition) is 2. The van der Waals surface area contributed by atoms with E-state index >= 15 is 0 Å². The van der Waals surface area contributed by atoms with Crippen LogP contribution in [-0.4, -0.2) is 69.8 Å². The number of aliphatic imine (C=N–C) groups is 1. The minimum atomic E-state index is -4.64. The second-order valence-electron chi connectivity index (χ2n) is 11.7. The lowest BCUT2D eigenvalue weighted by atomic mass is 10.1. The number of imidazole rings is 1. The number of alkyl halides is 3. The van der Waals surface area contributed by atoms with Crippen molar-refractivity contribution in [3.8, 4) is 17.0 Å². The predicted molar refractivity (Wildman–Crippen MR) is 171 cm³/mol. The summed E-state index contributed by atoms with van der Waals surface area (Å²) < 4.78 is 53.5. The van der Waals surface area contributed by atoms with Gasteiger partial charge in [0.05, 0.1) is 37.6 Å². The minimum absolute atomic E-state index is 0.0704. The average molecular weight is 674 g/mol. The zero-order chi connectivity index (χ0) is 34.3. The molecule has 3 N–H and O–H groups in total. The predicted octanol–water partition coefficient (Wildman–Crippen LogP) is 5.90. The van der Waals surface area contributed by atoms with Crippen LogP contribution >= 0.6 is 11.6 Å². The Balaban J connectivity index is 1.54. The van der Waals surface area contributed by atoms with E-state index in [-0.39, 0.29) is 65.2 Å². The lowest BCUT2D eigenvalue weighted by Crippen LogP contribution is -2.50. The highest BCUT2D eigenvalue weighted by atomic mass is 35.5. The number of amides is 2. The van der Waals surface area contributed by atoms with E-state index in [0.717, 1.165) is 18.9 Å². The molecule has 15 heteroatoms. The van der Waals surface area contributed by atoms with Crippen molar-refractivity contribution in [2.45, 2.75) is 58.9 Å². The number of allylic oxidation sites excluding steroid dienone is 3. The fraction of sp³-hybridized carbons (Fsp3) is 0.406. The first-order valence-electron chi connectivity index (χ1n) is 15.0. The van der Waals surface area contributed by atoms with E-state index in [2.05, 4.69) is 22.0 Å². The van der Waals surface area contributed by atoms with Gasteiger partial charge in [0, 0.05) is 16.5 Å². The van der Waals surface area contributed by atoms with Crippen molar-refractivity contribution in [2.75, 3.05) is 25.5 Å². The number of morpholine rings is 1. The van der Waals surface area contributed by atoms with Crippen LogP contribution in [0.1, 0.15) is 62.8 Å². The average Bonchev–Trinajstić information content (AvgIpc) is 3.66. The van der Waals surface area contributed by atoms with Gasteiger partial charge in [0.2, 0.25) is 5.91 Å². The van der Waals surface area contributed by atoms with Crippen molar-refractivity contribution in [3.63, 3.8) is 0 Å². The maximum Gasteiger partial charge on any atom is 0.416 e. The molecule has 47 heavy (non-hydrogen) atoms. The summed E-state index contributed by atoms with van der Waals surface area (Å²) in [6.45, 7) is 10.9. The van der Waals surface area contributed by atoms with E-state index in [9.17, 15) is 22.8 Å². The van der Waals surface area contributed by atoms with Gasteiger partial charge in [-0.05, 0) is 64.6 Å². The van der Waals surface area contributed by atoms with E-state index in [1.807, 2.05) is 18.7 Å². The SMILES string of the molecule is C=N/C(=C\C(=C/C)C(F)(F)F)NC(=O)c1ccc(-c2nc([C@H]3CN(C(=O)C4(C)CC4)[C@@H](C)CO3)n3c(Cl)cnc(N)c23)c(OCC)c1. The maximum absolute atomic E-state index is 13.4. The second kappa shape index (κ2) is 13.0. The smallest absolute Gasteiger partial charge is 0.416 e. The summed E-state index contributed by atoms with van der Waals surface area (Å²) in [7, 11) is 0. The Labute approximate surface area is 274 Å². The Morgan fingerprint density at radius 3 is 2.68 bits per heavy atom. The van der Waals surface area contributed by atoms with Gasteiger partial charge in [-0.2, -0.15) is 13.2 Å². The summed E-state index contributed by atoms with van der Waals surface area (Å²) in [5.41, 5.74) is 6.23. The third-order valence-corrected chi connectivity index (χ3v) is 8.58. The summed E-state index contributed by atoms with van der Waals surface area (Å²) in [6.07, 6.45) is -0.668. The van der Waals surface area contributed by atoms with Gasteiger partial charge in [-0.3, -0.25) is 14.0 Å². The summed E-state index contributed by atoms with van der Waals surface area (Å²) in [6, 6.07) is 4.35. The van der Waals surface area contributed by atoms with Crippen LogP contribution in [0.5, 0.6) is 5.75 Å². The molecule has 3 aromatic rings. The molecule has 3 heterocycles. The van der Waals surface area contributed by atoms with Gasteiger partial charge in [-0.15, -0.1) is 0 Å². The number of nitrogens with one attached hydrogen (secondary N) is 1. The number of carbonyl (C=O) groups excluding carboxylic acids is 2. The fourth-order valence-electron chi connectivity index (χ4n) is 5.40. The highest BCUT2D eigenvalue weighted by molar-refractivity contribution is 6.30. The molecule has 0 spiro atoms. The summed E-state index contributed by atoms with van der Waals surface area (Å²) in [4.78, 5) is 41.0. The zero-order valence-electron chi connectivity index (χ0n) is 26.3. The van der Waals surface area contributed by atoms with Gasteiger partial charge in [-0.25, -0.2) is 15.0 Å². The fourth-order valence-corrected chi connectivity index (χ4v) is 5.62. The first kappa shape index (κ1) is 33.9. The van der Waals surface area contributed by atoms with E-state index in [0.29, 0.717) is 28.7 Å². The number of fused-ring (bicyclic) bond motifs is 1. The first-order valence-corrected chi connectivity index (χ1v) is 15.4. The van der Waals surface area contributed by atoms with Crippen molar-refractivity contribution in [1.82, 2.24) is 24.6 Å². The van der Waals surface area contributed by atoms with Crippen LogP contribution in [0.3, 0.4) is 0 Å². The Morgan fingerprint density at radius 1 is 1.34 bits per heavy atom. The molecule has 1 aliphatic heterocycles. The molecule has 1 saturated carbocycles. The van der Waals surface area contributed by atoms with Gasteiger partial charge < -0.3 is 25.4 Å². The monoisotopic (exact) mass is 673 g/mol. The van der Waals surface area contributed by atoms with Crippen molar-refractivity contribution in [1.29, 1.82) is 0 Å². The number of hydrogen-bond acceptors (Lipinski definition) is 8. The summed E-state index contributed by atoms with van der Waals surface area (Å²) in [5, 5.41) is 2.56. The third-order valence-electron chi connectivity index (χ3n) is 8.31. The van der Waals surface area contributed by atoms with Gasteiger partial charge in [-0.1, -0.05) is 24.6 Å². The van der Waals surface area contributed by atoms with E-state index in [1.54, 1.807) is 17.4 Å². The Morgan fingerprint density at radius 2 is 2.06 bits per heavy atom. The first-order chi connectivity index (χ1) is 22.2. The lowest BCUT2D eigenvalue weighted by Gasteiger charge is -2.39. The number of aromatic nitrogens is 3. The largest absolute Gasteiger partial charge is 0.493 e. The Bertz CT molecular complexity index is 1800. The number of ether oxygens (including phenoxy) is 2. The number of rotatable bonds is 9. The molecular formula is C32H35ClF3N7O4. The number of benzene rings is 1. The molecule has 1 saturated heterocycles. The van der Waals surface area contributed by atoms with Crippen LogP contribution in [-0.2, 0) is 9.53 Å². The number of anilines is 1. The molecule has 5 rings (SSSR count). The van der Waals surface area contributed by atoms with Crippen LogP contribution in [0.15, 0.2) is 52.9 Å². The van der Waals surface area contributed by atoms with Crippen LogP contribution in [0.2, 0.25) is 5.15 Å². The zero-order valence-corrected chi connectivity index (χ0v) is 27.1. The molecule has 250 valence electrons. The highest BCUT2D eigenvalue weighted by Gasteiger charge is 2.49. The van der Waals surface area contributed by atoms with Crippen LogP contribution in [0.4, 0.5) is 19.0 Å². The van der Waals surface area contributed by atoms with Crippen LogP contribution in [0.25, 0.3) is 16.8 Å². The molecule has 0 unspecified atom stereocenters. The van der Waals surface area contributed by atoms with E-state index in [1.165, 1.54) is 25.3 Å². The molecule has 2 aromatic heterocycles. The van der Waals surface area contributed by atoms with Gasteiger partial charge in [0.25, 0.3) is 5.91 Å². The second-order valence-corrected chi connectivity index (χ2v) is 12.1. The Kier molecular flexibility index (Phi) is 9.38. The van der Waals surface area contributed by atoms with Crippen molar-refractivity contribution in [3.05, 3.63) is 64.5 Å². The molecule has 11 nitrogen and oxygen atoms in total. The van der Waals surface area contributed by atoms with E-state index < -0.39 is 23.8 Å². The molecule has 2 atom stereocenters. The summed E-state index contributed by atoms with van der Waals surface area (Å²) >= 11 is 6.66. The molecule has 2 amide bonds. The summed E-state index contributed by atoms with van der Waals surface area (Å²) in [5.74, 6) is -0.294. The molecule has 1 aromatic carbocycles. The van der Waals surface area contributed by atoms with E-state index in [4.69, 9.17) is 31.8 Å². The molecule has 0 bridgehead atoms. The Hall–Kier alpha value is -4.43. The number of carbonyl (C=O) groups is 2. The maximum atomic E-state index is 13.4. The van der Waals surface area contributed by atoms with Crippen LogP contribution < -0.4 is 15.8 Å². The third kappa shape index (κ3) is 6.70. The molecule has 2 aliphatic rings. The number of halogens is 4. The quantitative estimate of drug-likeness (QED) is 0.213. The standard InChI is InChI=1S/C32H35ClF3N7O4/c1-6-19(32(34,35)36)13-24(38-5)40-29(44)18-8-9-20(21(12-18)46-7-2)25-26-27(37)39-14-23(33)43(26)28(41-25)22-15-42(17(3)16-47-22)30(45)31(4)10-11-31/h6,8-9,12-14,17,22H,5,7,10-11,15-16H2,1-4H3,(H2,37,39)(H,40,44)/b19-6+,24-13+/t17-,22+/m0/s1. The van der Waals surface area contributed by atoms with Crippen molar-refractivity contribution in [2.24, 2.45) is 10.4 Å². The topological polar surface area (TPSA) is 136 Å². The molecule has 1 aliphatic carbocycles. The lowest BCUT2D eigenvalue weighted by molar-refractivity contribution is -0.150. The minimum Gasteiger partial charge on any atom is -0.493 e. The molecule has 2 fully saturated rings. The number of nitrogen functional groups attached to an aromatic ring is 1. The van der Waals surface area contributed by atoms with Gasteiger partial charge in [0.1, 0.15) is 45.7 Å². The van der Waals surface area contributed by atoms with Crippen LogP contribution in [0, 0.1) is 5.41 Å². The highest BCUT2D eigenvalue weighted by Crippen LogP contribution is 2.48. The molecule has 0 radical (unpaired) electrons. The van der Waals surface area contributed by atoms with Gasteiger partial charge in [0.15, 0.2) is 0 Å². The van der Waals surface area contributed by atoms with Gasteiger partial charge >= 0.3 is 6.18 Å². The number of nitrogens with two attached hydrogens (primary N) is 1. The van der Waals surface area contributed by atoms with Crippen molar-refractivity contribution < 1.29 is 32.2 Å². The molecular weight excluding hydrogens is 639 g/mol. The number of nitrogens with zero attached hydrogens (tertiary/aromatic N) is 5. The van der Waals surface area contributed by atoms with Crippen molar-refractivity contribution >= 4 is 41.5 Å².